The Bertz CT molecular complexity index is 4670. The third kappa shape index (κ3) is 6.03. The summed E-state index contributed by atoms with van der Waals surface area (Å²) in [7, 11) is 4.14. The molecule has 11 heteroatoms. The van der Waals surface area contributed by atoms with Gasteiger partial charge in [0.15, 0.2) is 0 Å². The highest BCUT2D eigenvalue weighted by atomic mass is 16.4. The summed E-state index contributed by atoms with van der Waals surface area (Å²) >= 11 is 0. The molecule has 0 saturated carbocycles. The number of carbonyl (C=O) groups excluding carboxylic acids is 4. The first-order valence-electron chi connectivity index (χ1n) is 24.6. The van der Waals surface area contributed by atoms with E-state index in [2.05, 4.69) is 94.1 Å². The molecule has 4 amide bonds. The highest BCUT2D eigenvalue weighted by molar-refractivity contribution is 6.38. The lowest BCUT2D eigenvalue weighted by Gasteiger charge is -2.28. The number of anilines is 2. The Morgan fingerprint density at radius 2 is 0.707 bits per heavy atom. The zero-order valence-electron chi connectivity index (χ0n) is 40.2. The Morgan fingerprint density at radius 1 is 0.320 bits per heavy atom. The third-order valence-electron chi connectivity index (χ3n) is 15.4. The number of aryl methyl sites for hydroxylation is 2. The summed E-state index contributed by atoms with van der Waals surface area (Å²) in [6.45, 7) is 0. The number of amides is 4. The first-order valence-corrected chi connectivity index (χ1v) is 24.6. The minimum Gasteiger partial charge on any atom is -0.416 e. The zero-order valence-corrected chi connectivity index (χ0v) is 40.2. The van der Waals surface area contributed by atoms with Crippen molar-refractivity contribution in [3.05, 3.63) is 216 Å². The van der Waals surface area contributed by atoms with Crippen LogP contribution in [0, 0.1) is 0 Å². The van der Waals surface area contributed by atoms with Gasteiger partial charge in [-0.25, -0.2) is 9.80 Å². The fourth-order valence-electron chi connectivity index (χ4n) is 11.8. The molecular weight excluding hydrogens is 933 g/mol. The quantitative estimate of drug-likeness (QED) is 0.152. The molecule has 75 heavy (non-hydrogen) atoms. The van der Waals surface area contributed by atoms with Crippen molar-refractivity contribution in [1.82, 2.24) is 19.3 Å². The summed E-state index contributed by atoms with van der Waals surface area (Å²) in [6, 6.07) is 62.0. The average molecular weight is 971 g/mol. The second kappa shape index (κ2) is 15.6. The van der Waals surface area contributed by atoms with E-state index >= 15 is 0 Å². The molecule has 13 aromatic rings. The third-order valence-corrected chi connectivity index (χ3v) is 15.4. The summed E-state index contributed by atoms with van der Waals surface area (Å²) in [4.78, 5) is 59.6. The Labute approximate surface area is 426 Å². The maximum Gasteiger partial charge on any atom is 0.265 e. The van der Waals surface area contributed by atoms with Crippen molar-refractivity contribution in [2.24, 2.45) is 14.1 Å². The van der Waals surface area contributed by atoms with Crippen molar-refractivity contribution in [2.75, 3.05) is 9.80 Å². The Hall–Kier alpha value is -10.3. The van der Waals surface area contributed by atoms with Gasteiger partial charge in [-0.1, -0.05) is 91.0 Å². The number of nitrogens with zero attached hydrogens (tertiary/aromatic N) is 6. The normalized spacial score (nSPS) is 13.5. The van der Waals surface area contributed by atoms with Crippen LogP contribution < -0.4 is 9.80 Å². The molecule has 2 aliphatic rings. The van der Waals surface area contributed by atoms with Crippen LogP contribution in [0.2, 0.25) is 0 Å². The van der Waals surface area contributed by atoms with Crippen LogP contribution in [0.1, 0.15) is 41.4 Å². The Kier molecular flexibility index (Phi) is 8.84. The highest BCUT2D eigenvalue weighted by Crippen LogP contribution is 2.43. The fraction of sp³-hybridized carbons (Fsp3) is 0.0312. The lowest BCUT2D eigenvalue weighted by atomic mass is 9.88. The van der Waals surface area contributed by atoms with Crippen molar-refractivity contribution in [1.29, 1.82) is 0 Å². The average Bonchev–Trinajstić information content (AvgIpc) is 4.15. The van der Waals surface area contributed by atoms with E-state index in [-0.39, 0.29) is 11.8 Å². The molecule has 0 radical (unpaired) electrons. The largest absolute Gasteiger partial charge is 0.416 e. The molecule has 0 spiro atoms. The molecular formula is C64H38N6O5. The lowest BCUT2D eigenvalue weighted by molar-refractivity contribution is 0.0877. The second-order valence-corrected chi connectivity index (χ2v) is 19.3. The van der Waals surface area contributed by atoms with Crippen LogP contribution in [-0.2, 0) is 14.1 Å². The predicted molar refractivity (Wildman–Crippen MR) is 294 cm³/mol. The predicted octanol–water partition coefficient (Wildman–Crippen LogP) is 13.9. The zero-order chi connectivity index (χ0) is 50.4. The molecule has 0 atom stereocenters. The molecule has 0 saturated heterocycles. The minimum atomic E-state index is -0.412. The van der Waals surface area contributed by atoms with E-state index in [1.165, 1.54) is 15.2 Å². The van der Waals surface area contributed by atoms with Crippen molar-refractivity contribution >= 4 is 100 Å². The molecule has 0 fully saturated rings. The molecule has 2 aliphatic heterocycles. The summed E-state index contributed by atoms with van der Waals surface area (Å²) in [5, 5.41) is 16.2. The first kappa shape index (κ1) is 42.4. The standard InChI is InChI=1S/C64H38N6O5/c1-67-54-16-6-4-10-44(54)52-33-37(22-32-55(52)67)41-28-30-50-57-46(41)11-7-13-48(57)61(71)69(63(50)73)39-23-17-35(18-24-39)59-65-66-60(75-59)36-19-25-40(26-20-36)70-62(72)49-14-8-12-47-42(29-31-51(58(47)49)64(70)74)38-21-27-45-43-9-3-5-15-53(43)68(2)56(45)34-38/h3-34H,1-2H3. The van der Waals surface area contributed by atoms with E-state index in [0.717, 1.165) is 71.3 Å². The SMILES string of the molecule is Cn1c2ccccc2c2cc(-c3ccc4c5c(cccc35)C(=O)N(c3ccc(-c5nnc(-c6ccc(N7C(=O)c8cccc9c(-c%10ccc%11c%12ccccc%12n(C)c%11c%10)ccc(c89)C7=O)cc6)o5)cc3)C4=O)ccc21. The van der Waals surface area contributed by atoms with Crippen molar-refractivity contribution < 1.29 is 23.6 Å². The lowest BCUT2D eigenvalue weighted by Crippen LogP contribution is -2.40. The van der Waals surface area contributed by atoms with Crippen molar-refractivity contribution in [3.63, 3.8) is 0 Å². The van der Waals surface area contributed by atoms with Gasteiger partial charge in [0.05, 0.1) is 11.4 Å². The van der Waals surface area contributed by atoms with E-state index < -0.39 is 23.6 Å². The van der Waals surface area contributed by atoms with Gasteiger partial charge in [0.1, 0.15) is 0 Å². The van der Waals surface area contributed by atoms with Gasteiger partial charge in [0.25, 0.3) is 23.6 Å². The van der Waals surface area contributed by atoms with Crippen molar-refractivity contribution in [3.8, 4) is 45.2 Å². The van der Waals surface area contributed by atoms with E-state index in [9.17, 15) is 19.2 Å². The van der Waals surface area contributed by atoms with Gasteiger partial charge in [-0.05, 0) is 136 Å². The Morgan fingerprint density at radius 3 is 1.24 bits per heavy atom. The minimum absolute atomic E-state index is 0.226. The number of imide groups is 2. The molecule has 5 heterocycles. The molecule has 3 aromatic heterocycles. The van der Waals surface area contributed by atoms with E-state index in [1.807, 2.05) is 72.8 Å². The molecule has 0 N–H and O–H groups in total. The maximum atomic E-state index is 14.3. The summed E-state index contributed by atoms with van der Waals surface area (Å²) in [5.41, 5.74) is 12.1. The molecule has 0 aliphatic carbocycles. The van der Waals surface area contributed by atoms with Gasteiger partial charge in [0, 0.05) is 102 Å². The maximum absolute atomic E-state index is 14.3. The van der Waals surface area contributed by atoms with Gasteiger partial charge in [-0.3, -0.25) is 19.2 Å². The number of hydrogen-bond acceptors (Lipinski definition) is 7. The molecule has 10 aromatic carbocycles. The van der Waals surface area contributed by atoms with Gasteiger partial charge < -0.3 is 13.6 Å². The fourth-order valence-corrected chi connectivity index (χ4v) is 11.8. The number of carbonyl (C=O) groups is 4. The molecule has 11 nitrogen and oxygen atoms in total. The van der Waals surface area contributed by atoms with E-state index in [1.54, 1.807) is 60.7 Å². The van der Waals surface area contributed by atoms with Gasteiger partial charge in [-0.15, -0.1) is 10.2 Å². The number of rotatable bonds is 6. The number of hydrogen-bond donors (Lipinski definition) is 0. The summed E-state index contributed by atoms with van der Waals surface area (Å²) in [6.07, 6.45) is 0. The van der Waals surface area contributed by atoms with Gasteiger partial charge in [0.2, 0.25) is 11.8 Å². The first-order chi connectivity index (χ1) is 36.7. The molecule has 0 unspecified atom stereocenters. The number of benzene rings is 10. The smallest absolute Gasteiger partial charge is 0.265 e. The number of fused-ring (bicyclic) bond motifs is 6. The highest BCUT2D eigenvalue weighted by Gasteiger charge is 2.36. The van der Waals surface area contributed by atoms with Crippen molar-refractivity contribution in [2.45, 2.75) is 0 Å². The van der Waals surface area contributed by atoms with Crippen LogP contribution in [-0.4, -0.2) is 43.0 Å². The topological polar surface area (TPSA) is 124 Å². The van der Waals surface area contributed by atoms with Gasteiger partial charge in [-0.2, -0.15) is 0 Å². The monoisotopic (exact) mass is 970 g/mol. The van der Waals surface area contributed by atoms with E-state index in [0.29, 0.717) is 55.5 Å². The van der Waals surface area contributed by atoms with Crippen LogP contribution in [0.4, 0.5) is 11.4 Å². The summed E-state index contributed by atoms with van der Waals surface area (Å²) in [5.74, 6) is -1.20. The van der Waals surface area contributed by atoms with Crippen LogP contribution in [0.25, 0.3) is 110 Å². The van der Waals surface area contributed by atoms with Gasteiger partial charge >= 0.3 is 0 Å². The molecule has 15 rings (SSSR count). The van der Waals surface area contributed by atoms with Crippen LogP contribution in [0.15, 0.2) is 199 Å². The summed E-state index contributed by atoms with van der Waals surface area (Å²) < 4.78 is 10.5. The van der Waals surface area contributed by atoms with E-state index in [4.69, 9.17) is 4.42 Å². The van der Waals surface area contributed by atoms with Crippen LogP contribution in [0.3, 0.4) is 0 Å². The number of aromatic nitrogens is 4. The number of para-hydroxylation sites is 2. The molecule has 354 valence electrons. The van der Waals surface area contributed by atoms with Crippen LogP contribution >= 0.6 is 0 Å². The Balaban J connectivity index is 0.680. The van der Waals surface area contributed by atoms with Crippen LogP contribution in [0.5, 0.6) is 0 Å². The molecule has 0 bridgehead atoms. The second-order valence-electron chi connectivity index (χ2n) is 19.3.